The number of carbonyl (C=O) groups excluding carboxylic acids is 1. The highest BCUT2D eigenvalue weighted by atomic mass is 16.1. The highest BCUT2D eigenvalue weighted by Gasteiger charge is 2.44. The molecule has 1 aromatic heterocycles. The minimum absolute atomic E-state index is 0.0362. The van der Waals surface area contributed by atoms with Crippen molar-refractivity contribution in [3.63, 3.8) is 0 Å². The molecule has 0 saturated heterocycles. The number of aromatic nitrogens is 1. The molecule has 3 nitrogen and oxygen atoms in total. The van der Waals surface area contributed by atoms with Gasteiger partial charge in [0.05, 0.1) is 5.56 Å². The van der Waals surface area contributed by atoms with Crippen LogP contribution in [0.4, 0.5) is 0 Å². The first-order valence-electron chi connectivity index (χ1n) is 7.50. The van der Waals surface area contributed by atoms with Crippen molar-refractivity contribution < 1.29 is 4.79 Å². The van der Waals surface area contributed by atoms with Gasteiger partial charge in [0.2, 0.25) is 0 Å². The molecule has 1 saturated carbocycles. The van der Waals surface area contributed by atoms with E-state index in [4.69, 9.17) is 0 Å². The van der Waals surface area contributed by atoms with E-state index in [0.717, 1.165) is 30.5 Å². The third-order valence-corrected chi connectivity index (χ3v) is 4.65. The first-order chi connectivity index (χ1) is 10.0. The van der Waals surface area contributed by atoms with Crippen LogP contribution in [0, 0.1) is 13.8 Å². The molecule has 21 heavy (non-hydrogen) atoms. The van der Waals surface area contributed by atoms with Crippen LogP contribution in [0.15, 0.2) is 36.5 Å². The Morgan fingerprint density at radius 3 is 2.52 bits per heavy atom. The Morgan fingerprint density at radius 2 is 1.95 bits per heavy atom. The molecule has 0 aliphatic heterocycles. The van der Waals surface area contributed by atoms with Crippen LogP contribution >= 0.6 is 0 Å². The zero-order valence-electron chi connectivity index (χ0n) is 12.9. The van der Waals surface area contributed by atoms with Crippen LogP contribution in [0.3, 0.4) is 0 Å². The summed E-state index contributed by atoms with van der Waals surface area (Å²) in [5.41, 5.74) is 4.40. The maximum Gasteiger partial charge on any atom is 0.253 e. The monoisotopic (exact) mass is 282 g/mol. The Balaban J connectivity index is 1.74. The van der Waals surface area contributed by atoms with Crippen LogP contribution in [0.1, 0.15) is 40.0 Å². The van der Waals surface area contributed by atoms with Gasteiger partial charge in [0.25, 0.3) is 5.91 Å². The van der Waals surface area contributed by atoms with Crippen LogP contribution in [0.2, 0.25) is 0 Å². The quantitative estimate of drug-likeness (QED) is 0.918. The maximum absolute atomic E-state index is 12.5. The van der Waals surface area contributed by atoms with Gasteiger partial charge in [0.1, 0.15) is 0 Å². The number of aryl methyl sites for hydroxylation is 2. The topological polar surface area (TPSA) is 34.0 Å². The Bertz CT molecular complexity index is 680. The Kier molecular flexibility index (Phi) is 3.36. The van der Waals surface area contributed by atoms with Crippen molar-refractivity contribution in [1.82, 2.24) is 9.88 Å². The molecular weight excluding hydrogens is 260 g/mol. The van der Waals surface area contributed by atoms with Gasteiger partial charge >= 0.3 is 0 Å². The van der Waals surface area contributed by atoms with Crippen LogP contribution in [0.25, 0.3) is 0 Å². The van der Waals surface area contributed by atoms with Gasteiger partial charge in [-0.25, -0.2) is 0 Å². The van der Waals surface area contributed by atoms with E-state index in [2.05, 4.69) is 36.5 Å². The first-order valence-corrected chi connectivity index (χ1v) is 7.50. The van der Waals surface area contributed by atoms with Crippen molar-refractivity contribution in [2.75, 3.05) is 0 Å². The van der Waals surface area contributed by atoms with Crippen molar-refractivity contribution in [1.29, 1.82) is 0 Å². The molecule has 1 amide bonds. The smallest absolute Gasteiger partial charge is 0.253 e. The lowest BCUT2D eigenvalue weighted by atomic mass is 9.99. The van der Waals surface area contributed by atoms with Gasteiger partial charge in [0.15, 0.2) is 0 Å². The van der Waals surface area contributed by atoms with Crippen LogP contribution in [0.5, 0.6) is 0 Å². The number of amides is 1. The summed E-state index contributed by atoms with van der Waals surface area (Å²) in [4.78, 5) is 12.5. The van der Waals surface area contributed by atoms with Crippen molar-refractivity contribution in [2.24, 2.45) is 7.05 Å². The fourth-order valence-electron chi connectivity index (χ4n) is 2.83. The minimum atomic E-state index is -0.0362. The van der Waals surface area contributed by atoms with E-state index in [1.165, 1.54) is 11.1 Å². The van der Waals surface area contributed by atoms with E-state index in [-0.39, 0.29) is 11.4 Å². The molecule has 1 heterocycles. The SMILES string of the molecule is Cc1ccccc1CC1(NC(=O)c2ccn(C)c2C)CC1. The van der Waals surface area contributed by atoms with Gasteiger partial charge in [-0.05, 0) is 50.3 Å². The molecule has 1 N–H and O–H groups in total. The van der Waals surface area contributed by atoms with Crippen LogP contribution < -0.4 is 5.32 Å². The van der Waals surface area contributed by atoms with E-state index < -0.39 is 0 Å². The fraction of sp³-hybridized carbons (Fsp3) is 0.389. The first kappa shape index (κ1) is 13.9. The number of benzene rings is 1. The van der Waals surface area contributed by atoms with E-state index in [9.17, 15) is 4.79 Å². The Hall–Kier alpha value is -2.03. The van der Waals surface area contributed by atoms with Crippen molar-refractivity contribution in [3.8, 4) is 0 Å². The summed E-state index contributed by atoms with van der Waals surface area (Å²) in [6.07, 6.45) is 5.00. The molecule has 1 fully saturated rings. The van der Waals surface area contributed by atoms with E-state index in [1.54, 1.807) is 0 Å². The molecule has 1 aromatic carbocycles. The number of hydrogen-bond acceptors (Lipinski definition) is 1. The molecule has 1 aliphatic rings. The van der Waals surface area contributed by atoms with Crippen LogP contribution in [-0.2, 0) is 13.5 Å². The summed E-state index contributed by atoms with van der Waals surface area (Å²) in [5, 5.41) is 3.26. The van der Waals surface area contributed by atoms with E-state index in [1.807, 2.05) is 30.8 Å². The van der Waals surface area contributed by atoms with Gasteiger partial charge in [-0.15, -0.1) is 0 Å². The molecule has 3 heteroatoms. The lowest BCUT2D eigenvalue weighted by molar-refractivity contribution is 0.0930. The number of nitrogens with zero attached hydrogens (tertiary/aromatic N) is 1. The van der Waals surface area contributed by atoms with Gasteiger partial charge in [-0.1, -0.05) is 24.3 Å². The minimum Gasteiger partial charge on any atom is -0.354 e. The largest absolute Gasteiger partial charge is 0.354 e. The molecule has 1 aliphatic carbocycles. The zero-order valence-corrected chi connectivity index (χ0v) is 12.9. The average molecular weight is 282 g/mol. The molecule has 0 bridgehead atoms. The lowest BCUT2D eigenvalue weighted by Gasteiger charge is -2.19. The summed E-state index contributed by atoms with van der Waals surface area (Å²) in [6.45, 7) is 4.12. The highest BCUT2D eigenvalue weighted by molar-refractivity contribution is 5.96. The second kappa shape index (κ2) is 5.06. The molecular formula is C18H22N2O. The predicted octanol–water partition coefficient (Wildman–Crippen LogP) is 3.15. The molecule has 0 unspecified atom stereocenters. The average Bonchev–Trinajstić information content (AvgIpc) is 3.12. The summed E-state index contributed by atoms with van der Waals surface area (Å²) in [7, 11) is 1.96. The maximum atomic E-state index is 12.5. The molecule has 3 rings (SSSR count). The van der Waals surface area contributed by atoms with E-state index in [0.29, 0.717) is 0 Å². The Morgan fingerprint density at radius 1 is 1.24 bits per heavy atom. The lowest BCUT2D eigenvalue weighted by Crippen LogP contribution is -2.38. The van der Waals surface area contributed by atoms with E-state index >= 15 is 0 Å². The summed E-state index contributed by atoms with van der Waals surface area (Å²) >= 11 is 0. The van der Waals surface area contributed by atoms with Crippen molar-refractivity contribution in [2.45, 2.75) is 38.6 Å². The second-order valence-electron chi connectivity index (χ2n) is 6.26. The van der Waals surface area contributed by atoms with Gasteiger partial charge in [0, 0.05) is 24.5 Å². The Labute approximate surface area is 126 Å². The van der Waals surface area contributed by atoms with Crippen LogP contribution in [-0.4, -0.2) is 16.0 Å². The third kappa shape index (κ3) is 2.73. The summed E-state index contributed by atoms with van der Waals surface area (Å²) < 4.78 is 1.98. The van der Waals surface area contributed by atoms with Gasteiger partial charge in [-0.3, -0.25) is 4.79 Å². The molecule has 110 valence electrons. The second-order valence-corrected chi connectivity index (χ2v) is 6.26. The third-order valence-electron chi connectivity index (χ3n) is 4.65. The van der Waals surface area contributed by atoms with Gasteiger partial charge < -0.3 is 9.88 Å². The number of carbonyl (C=O) groups is 1. The zero-order chi connectivity index (χ0) is 15.0. The number of rotatable bonds is 4. The highest BCUT2D eigenvalue weighted by Crippen LogP contribution is 2.39. The molecule has 2 aromatic rings. The standard InChI is InChI=1S/C18H22N2O/c1-13-6-4-5-7-15(13)12-18(9-10-18)19-17(21)16-8-11-20(3)14(16)2/h4-8,11H,9-10,12H2,1-3H3,(H,19,21). The molecule has 0 spiro atoms. The number of nitrogens with one attached hydrogen (secondary N) is 1. The normalized spacial score (nSPS) is 15.8. The summed E-state index contributed by atoms with van der Waals surface area (Å²) in [5.74, 6) is 0.0548. The molecule has 0 atom stereocenters. The molecule has 0 radical (unpaired) electrons. The van der Waals surface area contributed by atoms with Crippen molar-refractivity contribution in [3.05, 3.63) is 58.9 Å². The predicted molar refractivity (Wildman–Crippen MR) is 84.5 cm³/mol. The van der Waals surface area contributed by atoms with Gasteiger partial charge in [-0.2, -0.15) is 0 Å². The number of hydrogen-bond donors (Lipinski definition) is 1. The van der Waals surface area contributed by atoms with Crippen molar-refractivity contribution >= 4 is 5.91 Å². The fourth-order valence-corrected chi connectivity index (χ4v) is 2.83. The summed E-state index contributed by atoms with van der Waals surface area (Å²) in [6, 6.07) is 10.3.